The number of methoxy groups -OCH3 is 2. The van der Waals surface area contributed by atoms with Crippen molar-refractivity contribution in [2.24, 2.45) is 35.5 Å². The van der Waals surface area contributed by atoms with Crippen molar-refractivity contribution in [3.05, 3.63) is 144 Å². The van der Waals surface area contributed by atoms with E-state index in [-0.39, 0.29) is 79.3 Å². The SMILES string of the molecule is C=CCCCCN(C)C(=O)[C@@H]1C[C@@H](O)C[C@H]1C(=O)N[C@]1(C(=O)OCC)C[C@H]1C=C.C=CCCCCN(C)C(=O)[C@@H]1C[C@H](Oc2cc(-n3ccc(C(C)C)n3)nc3c(C)c(OC)ccc23)C[C@H]1C(=O)N[C@]1(C(=O)OCC)C[C@H]1C=C.COc1ccc2c(=O)cc(-n3ccc(C(C)C)n3)[nH]c2c1C. The number of nitrogens with one attached hydrogen (secondary N) is 3. The summed E-state index contributed by atoms with van der Waals surface area (Å²) >= 11 is 0. The molecule has 0 unspecified atom stereocenters. The van der Waals surface area contributed by atoms with Gasteiger partial charge in [0.2, 0.25) is 23.6 Å². The van der Waals surface area contributed by atoms with Gasteiger partial charge in [-0.3, -0.25) is 24.0 Å². The molecule has 544 valence electrons. The highest BCUT2D eigenvalue weighted by molar-refractivity contribution is 5.96. The van der Waals surface area contributed by atoms with Crippen LogP contribution >= 0.6 is 0 Å². The van der Waals surface area contributed by atoms with Crippen LogP contribution in [0.1, 0.15) is 153 Å². The van der Waals surface area contributed by atoms with Gasteiger partial charge in [0.25, 0.3) is 0 Å². The zero-order chi connectivity index (χ0) is 73.6. The highest BCUT2D eigenvalue weighted by atomic mass is 16.5. The summed E-state index contributed by atoms with van der Waals surface area (Å²) in [6.45, 7) is 32.3. The molecule has 4 aliphatic carbocycles. The predicted molar refractivity (Wildman–Crippen MR) is 389 cm³/mol. The lowest BCUT2D eigenvalue weighted by Crippen LogP contribution is -2.50. The molecule has 4 fully saturated rings. The van der Waals surface area contributed by atoms with E-state index in [1.54, 1.807) is 85.6 Å². The maximum Gasteiger partial charge on any atom is 0.332 e. The van der Waals surface area contributed by atoms with Gasteiger partial charge in [0, 0.05) is 85.4 Å². The number of carbonyl (C=O) groups is 6. The largest absolute Gasteiger partial charge is 0.496 e. The van der Waals surface area contributed by atoms with Crippen LogP contribution < -0.4 is 30.3 Å². The van der Waals surface area contributed by atoms with Crippen molar-refractivity contribution < 1.29 is 57.6 Å². The van der Waals surface area contributed by atoms with E-state index in [9.17, 15) is 38.7 Å². The first-order chi connectivity index (χ1) is 48.3. The van der Waals surface area contributed by atoms with Gasteiger partial charge in [-0.05, 0) is 153 Å². The van der Waals surface area contributed by atoms with Crippen LogP contribution in [0.3, 0.4) is 0 Å². The number of carbonyl (C=O) groups excluding carboxylic acids is 6. The maximum atomic E-state index is 14.1. The number of aliphatic hydroxyl groups excluding tert-OH is 1. The lowest BCUT2D eigenvalue weighted by molar-refractivity contribution is -0.150. The fourth-order valence-electron chi connectivity index (χ4n) is 13.7. The summed E-state index contributed by atoms with van der Waals surface area (Å²) in [7, 11) is 6.76. The highest BCUT2D eigenvalue weighted by Gasteiger charge is 2.63. The quantitative estimate of drug-likeness (QED) is 0.0185. The van der Waals surface area contributed by atoms with E-state index in [4.69, 9.17) is 33.8 Å². The van der Waals surface area contributed by atoms with Crippen molar-refractivity contribution in [2.45, 2.75) is 168 Å². The molecule has 4 saturated carbocycles. The molecule has 0 spiro atoms. The molecule has 6 aromatic rings. The molecular formula is C78H104N10O13. The molecule has 4 heterocycles. The van der Waals surface area contributed by atoms with Crippen molar-refractivity contribution in [2.75, 3.05) is 54.6 Å². The molecule has 0 aliphatic heterocycles. The fourth-order valence-corrected chi connectivity index (χ4v) is 13.7. The molecule has 4 N–H and O–H groups in total. The number of esters is 2. The minimum Gasteiger partial charge on any atom is -0.496 e. The van der Waals surface area contributed by atoms with Gasteiger partial charge in [0.05, 0.1) is 79.6 Å². The standard InChI is InChI=1S/C39H51N5O6.C22H34N2O5.C17H19N3O2/c1-9-12-13-14-18-43(7)37(46)30-21-27(20-29(30)36(45)41-39(23-26(39)10-2)38(47)49-11-3)50-33-22-34(44-19-17-31(42-44)24(4)5)40-35-25(6)32(48-8)16-15-28(33)35;1-5-8-9-10-11-24(4)20(27)18-13-16(25)12-17(18)19(26)23-22(14-15(22)6-2)21(28)29-7-3;1-10(2)13-7-8-20(19-13)16-9-14(21)12-5-6-15(22-4)11(3)17(12)18-16/h9-10,15-17,19,22,24,26-27,29-30H,1-2,11-14,18,20-21,23H2,3-8H3,(H,41,45);5-6,15-18,25H,1-2,7-14H2,3-4H3,(H,23,26);5-10H,1-4H3,(H,18,21)/t26-,27-,29-,30-,39-;15-,16+,17-,18-,22-;/m11./s1. The molecule has 10 rings (SSSR count). The third-order valence-electron chi connectivity index (χ3n) is 19.9. The molecule has 4 amide bonds. The molecule has 101 heavy (non-hydrogen) atoms. The lowest BCUT2D eigenvalue weighted by atomic mass is 9.93. The van der Waals surface area contributed by atoms with Gasteiger partial charge >= 0.3 is 11.9 Å². The van der Waals surface area contributed by atoms with Crippen molar-refractivity contribution in [3.63, 3.8) is 0 Å². The van der Waals surface area contributed by atoms with Crippen LogP contribution in [0.2, 0.25) is 0 Å². The number of ether oxygens (including phenoxy) is 5. The van der Waals surface area contributed by atoms with E-state index < -0.39 is 58.9 Å². The molecule has 23 nitrogen and oxygen atoms in total. The first-order valence-electron chi connectivity index (χ1n) is 35.4. The van der Waals surface area contributed by atoms with E-state index in [0.29, 0.717) is 72.3 Å². The first-order valence-corrected chi connectivity index (χ1v) is 35.4. The number of unbranched alkanes of at least 4 members (excludes halogenated alkanes) is 4. The van der Waals surface area contributed by atoms with Gasteiger partial charge < -0.3 is 54.2 Å². The van der Waals surface area contributed by atoms with Gasteiger partial charge in [-0.1, -0.05) is 52.0 Å². The number of aryl methyl sites for hydroxylation is 2. The highest BCUT2D eigenvalue weighted by Crippen LogP contribution is 2.48. The molecule has 0 radical (unpaired) electrons. The molecule has 23 heteroatoms. The van der Waals surface area contributed by atoms with Crippen LogP contribution in [0.5, 0.6) is 17.2 Å². The van der Waals surface area contributed by atoms with E-state index in [2.05, 4.69) is 74.7 Å². The van der Waals surface area contributed by atoms with Crippen LogP contribution in [-0.4, -0.2) is 158 Å². The predicted octanol–water partition coefficient (Wildman–Crippen LogP) is 11.0. The van der Waals surface area contributed by atoms with Crippen LogP contribution in [0.25, 0.3) is 33.4 Å². The second-order valence-electron chi connectivity index (χ2n) is 27.6. The minimum atomic E-state index is -1.16. The Bertz CT molecular complexity index is 4060. The molecule has 4 aromatic heterocycles. The monoisotopic (exact) mass is 1390 g/mol. The Kier molecular flexibility index (Phi) is 26.3. The van der Waals surface area contributed by atoms with Gasteiger partial charge in [-0.2, -0.15) is 10.2 Å². The summed E-state index contributed by atoms with van der Waals surface area (Å²) in [4.78, 5) is 103. The van der Waals surface area contributed by atoms with Gasteiger partial charge in [-0.15, -0.1) is 26.3 Å². The van der Waals surface area contributed by atoms with Gasteiger partial charge in [0.1, 0.15) is 40.2 Å². The average Bonchev–Trinajstić information content (AvgIpc) is 1.59. The number of aromatic nitrogens is 6. The number of H-pyrrole nitrogens is 1. The lowest BCUT2D eigenvalue weighted by Gasteiger charge is -2.26. The van der Waals surface area contributed by atoms with Crippen LogP contribution in [0.15, 0.2) is 116 Å². The minimum absolute atomic E-state index is 0.0314. The normalized spacial score (nSPS) is 22.4. The number of nitrogens with zero attached hydrogens (tertiary/aromatic N) is 7. The number of pyridine rings is 2. The number of aliphatic hydroxyl groups is 1. The number of allylic oxidation sites excluding steroid dienone is 2. The summed E-state index contributed by atoms with van der Waals surface area (Å²) < 4.78 is 31.6. The third-order valence-corrected chi connectivity index (χ3v) is 19.9. The van der Waals surface area contributed by atoms with Gasteiger partial charge in [-0.25, -0.2) is 23.9 Å². The third kappa shape index (κ3) is 17.7. The Balaban J connectivity index is 0.000000214. The van der Waals surface area contributed by atoms with Crippen LogP contribution in [0, 0.1) is 49.4 Å². The molecular weight excluding hydrogens is 1280 g/mol. The summed E-state index contributed by atoms with van der Waals surface area (Å²) in [6, 6.07) is 14.8. The van der Waals surface area contributed by atoms with E-state index in [1.165, 1.54) is 0 Å². The fraction of sp³-hybridized carbons (Fsp3) is 0.513. The number of benzene rings is 2. The Morgan fingerprint density at radius 2 is 1.13 bits per heavy atom. The smallest absolute Gasteiger partial charge is 0.332 e. The zero-order valence-electron chi connectivity index (χ0n) is 61.0. The number of amides is 4. The van der Waals surface area contributed by atoms with E-state index >= 15 is 0 Å². The van der Waals surface area contributed by atoms with Crippen molar-refractivity contribution >= 4 is 57.4 Å². The number of hydrogen-bond acceptors (Lipinski definition) is 16. The Hall–Kier alpha value is -9.38. The van der Waals surface area contributed by atoms with E-state index in [0.717, 1.165) is 77.7 Å². The molecule has 10 atom stereocenters. The molecule has 2 aromatic carbocycles. The number of rotatable bonds is 30. The number of aromatic amines is 1. The summed E-state index contributed by atoms with van der Waals surface area (Å²) in [5.41, 5.74) is 2.89. The topological polar surface area (TPSA) is 281 Å². The van der Waals surface area contributed by atoms with Crippen LogP contribution in [-0.2, 0) is 38.2 Å². The molecule has 0 bridgehead atoms. The van der Waals surface area contributed by atoms with Crippen molar-refractivity contribution in [3.8, 4) is 28.9 Å². The summed E-state index contributed by atoms with van der Waals surface area (Å²) in [6.07, 6.45) is 16.9. The zero-order valence-corrected chi connectivity index (χ0v) is 61.0. The summed E-state index contributed by atoms with van der Waals surface area (Å²) in [5, 5.41) is 26.7. The second-order valence-corrected chi connectivity index (χ2v) is 27.6. The molecule has 0 saturated heterocycles. The second kappa shape index (κ2) is 34.3. The first kappa shape index (κ1) is 77.4. The van der Waals surface area contributed by atoms with Crippen LogP contribution in [0.4, 0.5) is 0 Å². The Labute approximate surface area is 593 Å². The maximum absolute atomic E-state index is 14.1. The Morgan fingerprint density at radius 1 is 0.653 bits per heavy atom. The van der Waals surface area contributed by atoms with E-state index in [1.807, 2.05) is 74.8 Å². The number of fused-ring (bicyclic) bond motifs is 2. The van der Waals surface area contributed by atoms with Crippen molar-refractivity contribution in [1.82, 2.24) is 50.0 Å². The number of hydrogen-bond donors (Lipinski definition) is 4. The Morgan fingerprint density at radius 3 is 1.61 bits per heavy atom. The summed E-state index contributed by atoms with van der Waals surface area (Å²) in [5.74, 6) is -1.12. The average molecular weight is 1390 g/mol. The molecule has 4 aliphatic rings. The van der Waals surface area contributed by atoms with Gasteiger partial charge in [0.15, 0.2) is 11.2 Å². The van der Waals surface area contributed by atoms with Crippen molar-refractivity contribution in [1.29, 1.82) is 0 Å².